The number of esters is 2. The molecule has 3 aliphatic carbocycles. The molecule has 54 heavy (non-hydrogen) atoms. The highest BCUT2D eigenvalue weighted by Gasteiger charge is 2.50. The first-order chi connectivity index (χ1) is 25.4. The summed E-state index contributed by atoms with van der Waals surface area (Å²) in [6.07, 6.45) is 15.9. The number of hydrogen-bond acceptors (Lipinski definition) is 10. The Balaban J connectivity index is 1.22. The van der Waals surface area contributed by atoms with Crippen molar-refractivity contribution in [1.82, 2.24) is 10.1 Å². The van der Waals surface area contributed by atoms with Gasteiger partial charge >= 0.3 is 11.9 Å². The lowest BCUT2D eigenvalue weighted by atomic mass is 9.78. The van der Waals surface area contributed by atoms with Crippen molar-refractivity contribution in [2.75, 3.05) is 0 Å². The first kappa shape index (κ1) is 41.0. The number of aldehydes is 1. The van der Waals surface area contributed by atoms with E-state index in [2.05, 4.69) is 65.5 Å². The van der Waals surface area contributed by atoms with Crippen LogP contribution in [0.5, 0.6) is 0 Å². The van der Waals surface area contributed by atoms with Crippen LogP contribution in [0.4, 0.5) is 0 Å². The highest BCUT2D eigenvalue weighted by atomic mass is 16.7. The smallest absolute Gasteiger partial charge is 0.339 e. The molecule has 2 heterocycles. The molecule has 0 bridgehead atoms. The number of carbonyl (C=O) groups is 4. The summed E-state index contributed by atoms with van der Waals surface area (Å²) in [5.41, 5.74) is -1.56. The molecule has 2 saturated heterocycles. The van der Waals surface area contributed by atoms with Crippen LogP contribution in [0.2, 0.25) is 0 Å². The second kappa shape index (κ2) is 16.1. The largest absolute Gasteiger partial charge is 0.459 e. The van der Waals surface area contributed by atoms with Crippen LogP contribution in [-0.2, 0) is 19.1 Å². The highest BCUT2D eigenvalue weighted by Crippen LogP contribution is 2.44. The third-order valence-electron chi connectivity index (χ3n) is 12.8. The maximum Gasteiger partial charge on any atom is 0.339 e. The minimum atomic E-state index is -0.692. The van der Waals surface area contributed by atoms with Gasteiger partial charge in [-0.3, -0.25) is 19.3 Å². The monoisotopic (exact) mass is 750 g/mol. The van der Waals surface area contributed by atoms with Gasteiger partial charge in [0.25, 0.3) is 0 Å². The van der Waals surface area contributed by atoms with Gasteiger partial charge in [0.05, 0.1) is 23.3 Å². The van der Waals surface area contributed by atoms with Gasteiger partial charge in [-0.25, -0.2) is 9.59 Å². The second-order valence-electron chi connectivity index (χ2n) is 19.5. The lowest BCUT2D eigenvalue weighted by Gasteiger charge is -2.54. The summed E-state index contributed by atoms with van der Waals surface area (Å²) in [6.45, 7) is 16.9. The number of hydrogen-bond donors (Lipinski definition) is 0. The number of Topliss-reactive ketones (excluding diaryl/α,β-unsaturated/α-hetero) is 1. The maximum atomic E-state index is 14.2. The topological polar surface area (TPSA) is 112 Å². The molecular formula is C44H66N2O8. The first-order valence-electron chi connectivity index (χ1n) is 20.9. The Bertz CT molecular complexity index is 1510. The summed E-state index contributed by atoms with van der Waals surface area (Å²) >= 11 is 0. The normalized spacial score (nSPS) is 25.8. The average Bonchev–Trinajstić information content (AvgIpc) is 3.07. The van der Waals surface area contributed by atoms with Crippen LogP contribution in [0.25, 0.3) is 0 Å². The molecule has 0 aromatic heterocycles. The van der Waals surface area contributed by atoms with Crippen LogP contribution < -0.4 is 0 Å². The third kappa shape index (κ3) is 8.98. The molecule has 10 nitrogen and oxygen atoms in total. The Labute approximate surface area is 323 Å². The molecule has 300 valence electrons. The molecule has 6 rings (SSSR count). The number of benzene rings is 1. The molecule has 1 aromatic carbocycles. The van der Waals surface area contributed by atoms with Gasteiger partial charge in [-0.2, -0.15) is 10.1 Å². The molecule has 0 unspecified atom stereocenters. The van der Waals surface area contributed by atoms with Crippen molar-refractivity contribution < 1.29 is 38.3 Å². The fraction of sp³-hybridized carbons (Fsp3) is 0.773. The number of ether oxygens (including phenoxy) is 2. The summed E-state index contributed by atoms with van der Waals surface area (Å²) in [5, 5.41) is 4.23. The zero-order chi connectivity index (χ0) is 39.1. The van der Waals surface area contributed by atoms with Gasteiger partial charge in [-0.05, 0) is 106 Å². The van der Waals surface area contributed by atoms with Crippen LogP contribution >= 0.6 is 0 Å². The number of nitrogens with zero attached hydrogens (tertiary/aromatic N) is 2. The maximum absolute atomic E-state index is 14.2. The SMILES string of the molecule is CC1(C)CC(OC(=O)c2cc(C(=O)OC3CC(C)(C)N(OC4CCCCC4)C(C)(C)C3)c(C(=O)C3CCC3)cc2C=O)CC(C)(C)N1OC1CCCCC1. The lowest BCUT2D eigenvalue weighted by Crippen LogP contribution is -2.63. The number of hydroxylamine groups is 4. The molecule has 10 heteroatoms. The summed E-state index contributed by atoms with van der Waals surface area (Å²) in [5.74, 6) is -1.78. The molecule has 0 amide bonds. The lowest BCUT2D eigenvalue weighted by molar-refractivity contribution is -0.317. The van der Waals surface area contributed by atoms with Crippen molar-refractivity contribution in [3.8, 4) is 0 Å². The third-order valence-corrected chi connectivity index (χ3v) is 12.8. The van der Waals surface area contributed by atoms with E-state index in [1.54, 1.807) is 0 Å². The second-order valence-corrected chi connectivity index (χ2v) is 19.5. The minimum Gasteiger partial charge on any atom is -0.459 e. The van der Waals surface area contributed by atoms with Gasteiger partial charge in [0.15, 0.2) is 12.1 Å². The van der Waals surface area contributed by atoms with Crippen molar-refractivity contribution in [3.63, 3.8) is 0 Å². The predicted molar refractivity (Wildman–Crippen MR) is 206 cm³/mol. The van der Waals surface area contributed by atoms with Crippen molar-refractivity contribution in [2.45, 2.75) is 211 Å². The van der Waals surface area contributed by atoms with E-state index in [4.69, 9.17) is 19.1 Å². The van der Waals surface area contributed by atoms with E-state index < -0.39 is 46.3 Å². The van der Waals surface area contributed by atoms with Crippen molar-refractivity contribution in [1.29, 1.82) is 0 Å². The van der Waals surface area contributed by atoms with Crippen molar-refractivity contribution in [3.05, 3.63) is 34.4 Å². The highest BCUT2D eigenvalue weighted by molar-refractivity contribution is 6.11. The van der Waals surface area contributed by atoms with E-state index in [1.807, 2.05) is 0 Å². The summed E-state index contributed by atoms with van der Waals surface area (Å²) in [6, 6.07) is 2.78. The standard InChI is InChI=1S/C44H66N2O8/c1-41(2)24-33(25-42(3,4)45(41)53-31-18-11-9-12-19-31)51-39(49)35-23-37(36(22-30(35)28-47)38(48)29-16-15-17-29)40(50)52-34-26-43(5,6)46(44(7,8)27-34)54-32-20-13-10-14-21-32/h22-23,28-29,31-34H,9-21,24-27H2,1-8H3. The first-order valence-corrected chi connectivity index (χ1v) is 20.9. The number of rotatable bonds is 11. The van der Waals surface area contributed by atoms with Gasteiger partial charge in [0.2, 0.25) is 0 Å². The van der Waals surface area contributed by atoms with E-state index in [1.165, 1.54) is 50.7 Å². The molecule has 0 spiro atoms. The molecule has 5 aliphatic rings. The minimum absolute atomic E-state index is 0.0114. The molecular weight excluding hydrogens is 684 g/mol. The van der Waals surface area contributed by atoms with Crippen LogP contribution in [-0.4, -0.2) is 80.7 Å². The van der Waals surface area contributed by atoms with E-state index in [0.717, 1.165) is 44.9 Å². The summed E-state index contributed by atoms with van der Waals surface area (Å²) in [4.78, 5) is 67.9. The number of ketones is 1. The van der Waals surface area contributed by atoms with Crippen LogP contribution in [0.15, 0.2) is 12.1 Å². The van der Waals surface area contributed by atoms with E-state index in [-0.39, 0.29) is 46.2 Å². The fourth-order valence-electron chi connectivity index (χ4n) is 10.3. The molecule has 5 fully saturated rings. The average molecular weight is 751 g/mol. The van der Waals surface area contributed by atoms with Crippen molar-refractivity contribution in [2.24, 2.45) is 5.92 Å². The van der Waals surface area contributed by atoms with Gasteiger partial charge in [0, 0.05) is 64.9 Å². The van der Waals surface area contributed by atoms with Gasteiger partial charge < -0.3 is 9.47 Å². The van der Waals surface area contributed by atoms with E-state index >= 15 is 0 Å². The molecule has 0 radical (unpaired) electrons. The Kier molecular flexibility index (Phi) is 12.2. The number of piperidine rings is 2. The Morgan fingerprint density at radius 1 is 0.537 bits per heavy atom. The Hall–Kier alpha value is -2.66. The van der Waals surface area contributed by atoms with Gasteiger partial charge in [-0.1, -0.05) is 44.9 Å². The quantitative estimate of drug-likeness (QED) is 0.123. The van der Waals surface area contributed by atoms with E-state index in [0.29, 0.717) is 32.0 Å². The molecule has 0 atom stereocenters. The Morgan fingerprint density at radius 3 is 1.31 bits per heavy atom. The van der Waals surface area contributed by atoms with Crippen LogP contribution in [0.1, 0.15) is 206 Å². The summed E-state index contributed by atoms with van der Waals surface area (Å²) < 4.78 is 12.4. The van der Waals surface area contributed by atoms with E-state index in [9.17, 15) is 19.2 Å². The molecule has 1 aromatic rings. The molecule has 3 saturated carbocycles. The van der Waals surface area contributed by atoms with Crippen LogP contribution in [0.3, 0.4) is 0 Å². The zero-order valence-electron chi connectivity index (χ0n) is 34.3. The Morgan fingerprint density at radius 2 is 0.944 bits per heavy atom. The summed E-state index contributed by atoms with van der Waals surface area (Å²) in [7, 11) is 0. The van der Waals surface area contributed by atoms with Gasteiger partial charge in [-0.15, -0.1) is 0 Å². The zero-order valence-corrected chi connectivity index (χ0v) is 34.3. The van der Waals surface area contributed by atoms with Crippen LogP contribution in [0, 0.1) is 5.92 Å². The predicted octanol–water partition coefficient (Wildman–Crippen LogP) is 9.37. The molecule has 2 aliphatic heterocycles. The van der Waals surface area contributed by atoms with Crippen molar-refractivity contribution >= 4 is 24.0 Å². The molecule has 0 N–H and O–H groups in total. The van der Waals surface area contributed by atoms with Gasteiger partial charge in [0.1, 0.15) is 12.2 Å². The number of carbonyl (C=O) groups excluding carboxylic acids is 4. The fourth-order valence-corrected chi connectivity index (χ4v) is 10.3.